The van der Waals surface area contributed by atoms with E-state index in [0.29, 0.717) is 0 Å². The van der Waals surface area contributed by atoms with Gasteiger partial charge in [-0.25, -0.2) is 9.78 Å². The Bertz CT molecular complexity index is 494. The van der Waals surface area contributed by atoms with Crippen LogP contribution in [-0.2, 0) is 4.79 Å². The molecular formula is C11H11FN2O4. The third-order valence-electron chi connectivity index (χ3n) is 2.81. The summed E-state index contributed by atoms with van der Waals surface area (Å²) in [4.78, 5) is 27.3. The molecule has 1 aliphatic heterocycles. The molecule has 2 N–H and O–H groups in total. The fraction of sp³-hybridized carbons (Fsp3) is 0.364. The summed E-state index contributed by atoms with van der Waals surface area (Å²) in [5.41, 5.74) is -0.294. The maximum Gasteiger partial charge on any atom is 0.326 e. The molecule has 1 aromatic heterocycles. The predicted octanol–water partition coefficient (Wildman–Crippen LogP) is -0.119. The van der Waals surface area contributed by atoms with Gasteiger partial charge in [0.2, 0.25) is 5.95 Å². The van der Waals surface area contributed by atoms with Crippen LogP contribution < -0.4 is 0 Å². The number of β-amino-alcohol motifs (C(OH)–C–C–N with tert-alkyl or cyclic N) is 1. The van der Waals surface area contributed by atoms with E-state index in [-0.39, 0.29) is 18.5 Å². The van der Waals surface area contributed by atoms with Gasteiger partial charge in [-0.2, -0.15) is 4.39 Å². The zero-order valence-corrected chi connectivity index (χ0v) is 9.28. The molecule has 6 nitrogen and oxygen atoms in total. The van der Waals surface area contributed by atoms with Gasteiger partial charge in [0.15, 0.2) is 0 Å². The minimum absolute atomic E-state index is 0.0526. The molecule has 2 heterocycles. The molecule has 2 rings (SSSR count). The highest BCUT2D eigenvalue weighted by Crippen LogP contribution is 2.21. The molecule has 1 aromatic rings. The van der Waals surface area contributed by atoms with Crippen LogP contribution in [0.15, 0.2) is 18.3 Å². The number of hydrogen-bond donors (Lipinski definition) is 2. The van der Waals surface area contributed by atoms with E-state index in [1.54, 1.807) is 0 Å². The van der Waals surface area contributed by atoms with Gasteiger partial charge in [0.25, 0.3) is 5.91 Å². The number of halogens is 1. The standard InChI is InChI=1S/C11H11FN2O4/c12-9-7(2-1-3-13-9)10(16)14-5-6(15)4-8(14)11(17)18/h1-3,6,8,15H,4-5H2,(H,17,18)/t6-,8-/m0/s1. The van der Waals surface area contributed by atoms with Gasteiger partial charge in [-0.05, 0) is 12.1 Å². The van der Waals surface area contributed by atoms with Crippen LogP contribution in [0.2, 0.25) is 0 Å². The number of amides is 1. The topological polar surface area (TPSA) is 90.7 Å². The van der Waals surface area contributed by atoms with Gasteiger partial charge >= 0.3 is 5.97 Å². The van der Waals surface area contributed by atoms with Crippen LogP contribution in [-0.4, -0.2) is 50.7 Å². The maximum atomic E-state index is 13.4. The van der Waals surface area contributed by atoms with Crippen molar-refractivity contribution in [1.29, 1.82) is 0 Å². The molecule has 18 heavy (non-hydrogen) atoms. The van der Waals surface area contributed by atoms with Crippen molar-refractivity contribution in [2.45, 2.75) is 18.6 Å². The van der Waals surface area contributed by atoms with Crippen LogP contribution in [0.5, 0.6) is 0 Å². The van der Waals surface area contributed by atoms with E-state index < -0.39 is 30.0 Å². The highest BCUT2D eigenvalue weighted by Gasteiger charge is 2.39. The first-order valence-electron chi connectivity index (χ1n) is 5.33. The number of carboxylic acids is 1. The summed E-state index contributed by atoms with van der Waals surface area (Å²) >= 11 is 0. The molecule has 96 valence electrons. The second kappa shape index (κ2) is 4.69. The normalized spacial score (nSPS) is 23.1. The van der Waals surface area contributed by atoms with Crippen LogP contribution in [0.25, 0.3) is 0 Å². The number of aromatic nitrogens is 1. The zero-order valence-electron chi connectivity index (χ0n) is 9.28. The largest absolute Gasteiger partial charge is 0.480 e. The number of carbonyl (C=O) groups is 2. The molecule has 0 spiro atoms. The number of pyridine rings is 1. The minimum Gasteiger partial charge on any atom is -0.480 e. The van der Waals surface area contributed by atoms with Crippen molar-refractivity contribution in [2.75, 3.05) is 6.54 Å². The molecule has 2 atom stereocenters. The van der Waals surface area contributed by atoms with E-state index in [1.807, 2.05) is 0 Å². The van der Waals surface area contributed by atoms with Crippen LogP contribution >= 0.6 is 0 Å². The van der Waals surface area contributed by atoms with Gasteiger partial charge in [-0.3, -0.25) is 4.79 Å². The second-order valence-electron chi connectivity index (χ2n) is 4.04. The van der Waals surface area contributed by atoms with Crippen LogP contribution in [0.4, 0.5) is 4.39 Å². The monoisotopic (exact) mass is 254 g/mol. The molecule has 0 saturated carbocycles. The number of nitrogens with zero attached hydrogens (tertiary/aromatic N) is 2. The number of likely N-dealkylation sites (tertiary alicyclic amines) is 1. The number of aliphatic carboxylic acids is 1. The Labute approximate surface area is 102 Å². The summed E-state index contributed by atoms with van der Waals surface area (Å²) in [6.07, 6.45) is 0.234. The second-order valence-corrected chi connectivity index (χ2v) is 4.04. The van der Waals surface area contributed by atoms with E-state index in [4.69, 9.17) is 5.11 Å². The molecular weight excluding hydrogens is 243 g/mol. The number of carbonyl (C=O) groups excluding carboxylic acids is 1. The van der Waals surface area contributed by atoms with Crippen LogP contribution in [0, 0.1) is 5.95 Å². The minimum atomic E-state index is -1.22. The van der Waals surface area contributed by atoms with Gasteiger partial charge in [-0.15, -0.1) is 0 Å². The number of aliphatic hydroxyl groups is 1. The van der Waals surface area contributed by atoms with Gasteiger partial charge in [-0.1, -0.05) is 0 Å². The fourth-order valence-electron chi connectivity index (χ4n) is 1.97. The Morgan fingerprint density at radius 1 is 1.50 bits per heavy atom. The zero-order chi connectivity index (χ0) is 13.3. The molecule has 1 fully saturated rings. The number of aliphatic hydroxyl groups excluding tert-OH is 1. The van der Waals surface area contributed by atoms with Crippen molar-refractivity contribution in [3.63, 3.8) is 0 Å². The van der Waals surface area contributed by atoms with Crippen LogP contribution in [0.1, 0.15) is 16.8 Å². The maximum absolute atomic E-state index is 13.4. The molecule has 1 aliphatic rings. The summed E-state index contributed by atoms with van der Waals surface area (Å²) < 4.78 is 13.4. The lowest BCUT2D eigenvalue weighted by molar-refractivity contribution is -0.141. The van der Waals surface area contributed by atoms with Crippen molar-refractivity contribution in [3.05, 3.63) is 29.8 Å². The highest BCUT2D eigenvalue weighted by atomic mass is 19.1. The summed E-state index contributed by atoms with van der Waals surface area (Å²) in [6, 6.07) is 1.49. The third-order valence-corrected chi connectivity index (χ3v) is 2.81. The molecule has 1 amide bonds. The van der Waals surface area contributed by atoms with Crippen molar-refractivity contribution in [2.24, 2.45) is 0 Å². The van der Waals surface area contributed by atoms with Gasteiger partial charge < -0.3 is 15.1 Å². The first-order valence-corrected chi connectivity index (χ1v) is 5.33. The molecule has 0 aromatic carbocycles. The number of carboxylic acid groups (broad SMARTS) is 1. The third kappa shape index (κ3) is 2.17. The molecule has 7 heteroatoms. The molecule has 0 unspecified atom stereocenters. The Kier molecular flexibility index (Phi) is 3.24. The molecule has 0 radical (unpaired) electrons. The van der Waals surface area contributed by atoms with E-state index in [0.717, 1.165) is 4.90 Å². The Balaban J connectivity index is 2.28. The Morgan fingerprint density at radius 3 is 2.83 bits per heavy atom. The van der Waals surface area contributed by atoms with Crippen LogP contribution in [0.3, 0.4) is 0 Å². The molecule has 0 bridgehead atoms. The van der Waals surface area contributed by atoms with Gasteiger partial charge in [0.05, 0.1) is 11.7 Å². The van der Waals surface area contributed by atoms with Crippen molar-refractivity contribution < 1.29 is 24.2 Å². The average molecular weight is 254 g/mol. The van der Waals surface area contributed by atoms with E-state index in [2.05, 4.69) is 4.98 Å². The van der Waals surface area contributed by atoms with Gasteiger partial charge in [0, 0.05) is 19.2 Å². The lowest BCUT2D eigenvalue weighted by Crippen LogP contribution is -2.41. The predicted molar refractivity (Wildman–Crippen MR) is 57.3 cm³/mol. The first-order chi connectivity index (χ1) is 8.50. The smallest absolute Gasteiger partial charge is 0.326 e. The first kappa shape index (κ1) is 12.4. The number of hydrogen-bond acceptors (Lipinski definition) is 4. The average Bonchev–Trinajstić information content (AvgIpc) is 2.71. The Morgan fingerprint density at radius 2 is 2.22 bits per heavy atom. The SMILES string of the molecule is O=C(O)[C@@H]1C[C@H](O)CN1C(=O)c1cccnc1F. The number of rotatable bonds is 2. The van der Waals surface area contributed by atoms with Gasteiger partial charge in [0.1, 0.15) is 6.04 Å². The lowest BCUT2D eigenvalue weighted by Gasteiger charge is -2.21. The summed E-state index contributed by atoms with van der Waals surface area (Å²) in [7, 11) is 0. The van der Waals surface area contributed by atoms with E-state index in [9.17, 15) is 19.1 Å². The summed E-state index contributed by atoms with van der Waals surface area (Å²) in [5.74, 6) is -2.94. The van der Waals surface area contributed by atoms with E-state index in [1.165, 1.54) is 18.3 Å². The van der Waals surface area contributed by atoms with E-state index >= 15 is 0 Å². The van der Waals surface area contributed by atoms with Crippen molar-refractivity contribution in [1.82, 2.24) is 9.88 Å². The highest BCUT2D eigenvalue weighted by molar-refractivity contribution is 5.97. The molecule has 1 saturated heterocycles. The summed E-state index contributed by atoms with van der Waals surface area (Å²) in [6.45, 7) is -0.121. The molecule has 0 aliphatic carbocycles. The Hall–Kier alpha value is -2.02. The fourth-order valence-corrected chi connectivity index (χ4v) is 1.97. The van der Waals surface area contributed by atoms with Crippen molar-refractivity contribution in [3.8, 4) is 0 Å². The summed E-state index contributed by atoms with van der Waals surface area (Å²) in [5, 5.41) is 18.4. The van der Waals surface area contributed by atoms with Crippen molar-refractivity contribution >= 4 is 11.9 Å². The quantitative estimate of drug-likeness (QED) is 0.718. The lowest BCUT2D eigenvalue weighted by atomic mass is 10.2.